The van der Waals surface area contributed by atoms with Crippen molar-refractivity contribution in [1.29, 1.82) is 0 Å². The van der Waals surface area contributed by atoms with E-state index < -0.39 is 6.10 Å². The van der Waals surface area contributed by atoms with Crippen molar-refractivity contribution in [3.8, 4) is 0 Å². The fraction of sp³-hybridized carbons (Fsp3) is 0.600. The van der Waals surface area contributed by atoms with Crippen molar-refractivity contribution in [2.45, 2.75) is 32.5 Å². The first-order valence-corrected chi connectivity index (χ1v) is 6.79. The molecule has 1 aliphatic carbocycles. The summed E-state index contributed by atoms with van der Waals surface area (Å²) in [6.45, 7) is 4.12. The maximum absolute atomic E-state index is 13.3. The van der Waals surface area contributed by atoms with Crippen LogP contribution in [-0.4, -0.2) is 30.9 Å². The molecular weight excluding hydrogens is 245 g/mol. The van der Waals surface area contributed by atoms with Crippen LogP contribution in [0.3, 0.4) is 0 Å². The predicted molar refractivity (Wildman–Crippen MR) is 72.3 cm³/mol. The van der Waals surface area contributed by atoms with Gasteiger partial charge in [-0.15, -0.1) is 0 Å². The number of benzene rings is 1. The summed E-state index contributed by atoms with van der Waals surface area (Å²) < 4.78 is 18.6. The molecule has 2 rings (SSSR count). The molecule has 19 heavy (non-hydrogen) atoms. The van der Waals surface area contributed by atoms with E-state index >= 15 is 0 Å². The number of ether oxygens (including phenoxy) is 1. The van der Waals surface area contributed by atoms with Gasteiger partial charge in [0.2, 0.25) is 0 Å². The number of hydrogen-bond donors (Lipinski definition) is 2. The van der Waals surface area contributed by atoms with Gasteiger partial charge in [0.25, 0.3) is 0 Å². The van der Waals surface area contributed by atoms with Gasteiger partial charge in [-0.2, -0.15) is 0 Å². The number of halogens is 1. The van der Waals surface area contributed by atoms with Crippen molar-refractivity contribution < 1.29 is 14.2 Å². The first kappa shape index (κ1) is 14.4. The lowest BCUT2D eigenvalue weighted by Gasteiger charge is -2.14. The molecule has 1 atom stereocenters. The van der Waals surface area contributed by atoms with E-state index in [0.717, 1.165) is 6.54 Å². The second-order valence-electron chi connectivity index (χ2n) is 5.70. The lowest BCUT2D eigenvalue weighted by Crippen LogP contribution is -2.33. The molecule has 0 saturated heterocycles. The Kier molecular flexibility index (Phi) is 4.91. The van der Waals surface area contributed by atoms with Crippen LogP contribution in [0.4, 0.5) is 4.39 Å². The van der Waals surface area contributed by atoms with E-state index in [1.54, 1.807) is 18.2 Å². The quantitative estimate of drug-likeness (QED) is 0.758. The Labute approximate surface area is 113 Å². The Morgan fingerprint density at radius 1 is 1.42 bits per heavy atom. The van der Waals surface area contributed by atoms with E-state index in [4.69, 9.17) is 4.74 Å². The van der Waals surface area contributed by atoms with Gasteiger partial charge in [-0.1, -0.05) is 25.1 Å². The predicted octanol–water partition coefficient (Wildman–Crippen LogP) is 2.09. The average Bonchev–Trinajstić information content (AvgIpc) is 3.10. The van der Waals surface area contributed by atoms with E-state index in [9.17, 15) is 9.50 Å². The Hall–Kier alpha value is -0.970. The van der Waals surface area contributed by atoms with Crippen LogP contribution >= 0.6 is 0 Å². The van der Waals surface area contributed by atoms with Crippen molar-refractivity contribution in [1.82, 2.24) is 5.32 Å². The summed E-state index contributed by atoms with van der Waals surface area (Å²) in [4.78, 5) is 0. The summed E-state index contributed by atoms with van der Waals surface area (Å²) in [7, 11) is 0. The highest BCUT2D eigenvalue weighted by atomic mass is 19.1. The molecule has 0 radical (unpaired) electrons. The fourth-order valence-corrected chi connectivity index (χ4v) is 1.91. The lowest BCUT2D eigenvalue weighted by molar-refractivity contribution is 0.0275. The first-order valence-electron chi connectivity index (χ1n) is 6.79. The van der Waals surface area contributed by atoms with Gasteiger partial charge in [0.15, 0.2) is 0 Å². The second-order valence-corrected chi connectivity index (χ2v) is 5.70. The minimum atomic E-state index is -0.547. The standard InChI is InChI=1S/C15H22FNO2/c1-15(6-7-15)11-17-8-13(18)10-19-9-12-4-2-3-5-14(12)16/h2-5,13,17-18H,6-11H2,1H3. The molecule has 1 aromatic rings. The van der Waals surface area contributed by atoms with Crippen molar-refractivity contribution in [3.63, 3.8) is 0 Å². The third-order valence-corrected chi connectivity index (χ3v) is 3.56. The van der Waals surface area contributed by atoms with E-state index in [1.807, 2.05) is 0 Å². The highest BCUT2D eigenvalue weighted by Crippen LogP contribution is 2.43. The average molecular weight is 267 g/mol. The molecule has 1 aromatic carbocycles. The summed E-state index contributed by atoms with van der Waals surface area (Å²) in [6, 6.07) is 6.52. The number of aliphatic hydroxyl groups excluding tert-OH is 1. The van der Waals surface area contributed by atoms with Crippen molar-refractivity contribution in [2.24, 2.45) is 5.41 Å². The molecule has 1 saturated carbocycles. The zero-order chi connectivity index (χ0) is 13.7. The van der Waals surface area contributed by atoms with Crippen LogP contribution in [0.5, 0.6) is 0 Å². The maximum Gasteiger partial charge on any atom is 0.128 e. The highest BCUT2D eigenvalue weighted by Gasteiger charge is 2.36. The van der Waals surface area contributed by atoms with Crippen LogP contribution < -0.4 is 5.32 Å². The minimum absolute atomic E-state index is 0.196. The molecule has 0 aliphatic heterocycles. The second kappa shape index (κ2) is 6.46. The molecular formula is C15H22FNO2. The molecule has 0 bridgehead atoms. The molecule has 3 nitrogen and oxygen atoms in total. The van der Waals surface area contributed by atoms with Crippen molar-refractivity contribution >= 4 is 0 Å². The number of aliphatic hydroxyl groups is 1. The van der Waals surface area contributed by atoms with E-state index in [-0.39, 0.29) is 19.0 Å². The summed E-state index contributed by atoms with van der Waals surface area (Å²) in [5.41, 5.74) is 0.960. The van der Waals surface area contributed by atoms with Crippen LogP contribution in [0.25, 0.3) is 0 Å². The van der Waals surface area contributed by atoms with Gasteiger partial charge in [0.1, 0.15) is 5.82 Å². The van der Waals surface area contributed by atoms with Crippen LogP contribution in [0.15, 0.2) is 24.3 Å². The third kappa shape index (κ3) is 4.90. The highest BCUT2D eigenvalue weighted by molar-refractivity contribution is 5.16. The Balaban J connectivity index is 1.58. The largest absolute Gasteiger partial charge is 0.389 e. The Morgan fingerprint density at radius 2 is 2.16 bits per heavy atom. The fourth-order valence-electron chi connectivity index (χ4n) is 1.91. The number of nitrogens with one attached hydrogen (secondary N) is 1. The van der Waals surface area contributed by atoms with Crippen LogP contribution in [-0.2, 0) is 11.3 Å². The molecule has 4 heteroatoms. The lowest BCUT2D eigenvalue weighted by atomic mass is 10.1. The van der Waals surface area contributed by atoms with Gasteiger partial charge in [0, 0.05) is 18.7 Å². The van der Waals surface area contributed by atoms with Crippen molar-refractivity contribution in [3.05, 3.63) is 35.6 Å². The smallest absolute Gasteiger partial charge is 0.128 e. The number of rotatable bonds is 8. The Morgan fingerprint density at radius 3 is 2.84 bits per heavy atom. The van der Waals surface area contributed by atoms with Gasteiger partial charge in [-0.3, -0.25) is 0 Å². The normalized spacial score (nSPS) is 18.3. The summed E-state index contributed by atoms with van der Waals surface area (Å²) in [5, 5.41) is 13.0. The zero-order valence-electron chi connectivity index (χ0n) is 11.4. The molecule has 0 spiro atoms. The maximum atomic E-state index is 13.3. The molecule has 1 fully saturated rings. The topological polar surface area (TPSA) is 41.5 Å². The van der Waals surface area contributed by atoms with Gasteiger partial charge in [-0.25, -0.2) is 4.39 Å². The SMILES string of the molecule is CC1(CNCC(O)COCc2ccccc2F)CC1. The van der Waals surface area contributed by atoms with Gasteiger partial charge in [-0.05, 0) is 24.3 Å². The van der Waals surface area contributed by atoms with Gasteiger partial charge >= 0.3 is 0 Å². The monoisotopic (exact) mass is 267 g/mol. The van der Waals surface area contributed by atoms with Crippen LogP contribution in [0.2, 0.25) is 0 Å². The van der Waals surface area contributed by atoms with E-state index in [1.165, 1.54) is 18.9 Å². The molecule has 0 amide bonds. The molecule has 1 unspecified atom stereocenters. The first-order chi connectivity index (χ1) is 9.09. The van der Waals surface area contributed by atoms with E-state index in [2.05, 4.69) is 12.2 Å². The molecule has 1 aliphatic rings. The van der Waals surface area contributed by atoms with Crippen LogP contribution in [0.1, 0.15) is 25.3 Å². The Bertz CT molecular complexity index is 407. The molecule has 0 heterocycles. The zero-order valence-corrected chi connectivity index (χ0v) is 11.4. The molecule has 2 N–H and O–H groups in total. The van der Waals surface area contributed by atoms with Gasteiger partial charge in [0.05, 0.1) is 19.3 Å². The van der Waals surface area contributed by atoms with Crippen LogP contribution in [0, 0.1) is 11.2 Å². The van der Waals surface area contributed by atoms with Crippen molar-refractivity contribution in [2.75, 3.05) is 19.7 Å². The van der Waals surface area contributed by atoms with E-state index in [0.29, 0.717) is 17.5 Å². The summed E-state index contributed by atoms with van der Waals surface area (Å²) in [5.74, 6) is -0.267. The summed E-state index contributed by atoms with van der Waals surface area (Å²) >= 11 is 0. The number of hydrogen-bond acceptors (Lipinski definition) is 3. The molecule has 0 aromatic heterocycles. The van der Waals surface area contributed by atoms with Gasteiger partial charge < -0.3 is 15.2 Å². The third-order valence-electron chi connectivity index (χ3n) is 3.56. The summed E-state index contributed by atoms with van der Waals surface area (Å²) in [6.07, 6.45) is 1.98. The minimum Gasteiger partial charge on any atom is -0.389 e. The molecule has 106 valence electrons.